The van der Waals surface area contributed by atoms with Gasteiger partial charge in [-0.05, 0) is 56.3 Å². The highest BCUT2D eigenvalue weighted by molar-refractivity contribution is 5.87. The number of ketones is 1. The third-order valence-electron chi connectivity index (χ3n) is 7.35. The summed E-state index contributed by atoms with van der Waals surface area (Å²) < 4.78 is 5.74. The van der Waals surface area contributed by atoms with E-state index in [-0.39, 0.29) is 12.0 Å². The molecule has 0 aromatic carbocycles. The van der Waals surface area contributed by atoms with E-state index >= 15 is 0 Å². The van der Waals surface area contributed by atoms with E-state index in [1.807, 2.05) is 19.9 Å². The predicted molar refractivity (Wildman–Crippen MR) is 116 cm³/mol. The Morgan fingerprint density at radius 2 is 2.00 bits per heavy atom. The Bertz CT molecular complexity index is 564. The molecule has 0 spiro atoms. The van der Waals surface area contributed by atoms with Crippen LogP contribution in [-0.4, -0.2) is 30.7 Å². The van der Waals surface area contributed by atoms with Crippen LogP contribution in [0.15, 0.2) is 23.8 Å². The monoisotopic (exact) mass is 390 g/mol. The lowest BCUT2D eigenvalue weighted by molar-refractivity contribution is -0.129. The van der Waals surface area contributed by atoms with Gasteiger partial charge in [0.15, 0.2) is 0 Å². The van der Waals surface area contributed by atoms with Crippen molar-refractivity contribution < 1.29 is 14.6 Å². The first-order valence-electron chi connectivity index (χ1n) is 11.6. The van der Waals surface area contributed by atoms with E-state index in [0.29, 0.717) is 36.1 Å². The minimum Gasteiger partial charge on any atom is -0.394 e. The van der Waals surface area contributed by atoms with E-state index in [2.05, 4.69) is 20.4 Å². The van der Waals surface area contributed by atoms with Gasteiger partial charge < -0.3 is 9.84 Å². The Balaban J connectivity index is 0.00000136. The van der Waals surface area contributed by atoms with Crippen LogP contribution in [0.5, 0.6) is 0 Å². The van der Waals surface area contributed by atoms with Crippen molar-refractivity contribution in [2.24, 2.45) is 29.1 Å². The number of carbonyl (C=O) groups is 1. The number of hydrogen-bond donors (Lipinski definition) is 1. The van der Waals surface area contributed by atoms with Gasteiger partial charge in [0.05, 0.1) is 19.8 Å². The second-order valence-electron chi connectivity index (χ2n) is 8.82. The quantitative estimate of drug-likeness (QED) is 0.425. The molecule has 3 nitrogen and oxygen atoms in total. The normalized spacial score (nSPS) is 34.4. The fraction of sp³-hybridized carbons (Fsp3) is 0.800. The van der Waals surface area contributed by atoms with Crippen molar-refractivity contribution in [3.63, 3.8) is 0 Å². The van der Waals surface area contributed by atoms with E-state index < -0.39 is 0 Å². The van der Waals surface area contributed by atoms with Gasteiger partial charge in [-0.2, -0.15) is 0 Å². The van der Waals surface area contributed by atoms with Crippen LogP contribution in [0.2, 0.25) is 0 Å². The minimum atomic E-state index is -0.112. The average Bonchev–Trinajstić information content (AvgIpc) is 3.00. The summed E-state index contributed by atoms with van der Waals surface area (Å²) >= 11 is 0. The van der Waals surface area contributed by atoms with Crippen molar-refractivity contribution in [2.45, 2.75) is 79.1 Å². The second kappa shape index (κ2) is 10.7. The summed E-state index contributed by atoms with van der Waals surface area (Å²) in [6.07, 6.45) is 10.5. The Morgan fingerprint density at radius 3 is 2.64 bits per heavy atom. The smallest absolute Gasteiger partial charge is 0.139 e. The van der Waals surface area contributed by atoms with Crippen LogP contribution >= 0.6 is 0 Å². The topological polar surface area (TPSA) is 46.5 Å². The highest BCUT2D eigenvalue weighted by Gasteiger charge is 2.55. The van der Waals surface area contributed by atoms with Crippen LogP contribution in [0.25, 0.3) is 0 Å². The molecule has 3 rings (SSSR count). The summed E-state index contributed by atoms with van der Waals surface area (Å²) in [5.41, 5.74) is 3.18. The largest absolute Gasteiger partial charge is 0.394 e. The fourth-order valence-electron chi connectivity index (χ4n) is 6.30. The van der Waals surface area contributed by atoms with E-state index in [0.717, 1.165) is 51.6 Å². The molecule has 0 radical (unpaired) electrons. The molecule has 0 saturated heterocycles. The number of fused-ring (bicyclic) bond motifs is 3. The Kier molecular flexibility index (Phi) is 8.95. The van der Waals surface area contributed by atoms with Crippen LogP contribution in [0, 0.1) is 29.1 Å². The molecule has 0 bridgehead atoms. The summed E-state index contributed by atoms with van der Waals surface area (Å²) in [4.78, 5) is 12.7. The number of carbonyl (C=O) groups excluding carboxylic acids is 1. The molecule has 3 heteroatoms. The Labute approximate surface area is 172 Å². The third-order valence-corrected chi connectivity index (χ3v) is 7.35. The van der Waals surface area contributed by atoms with Crippen molar-refractivity contribution in [3.8, 4) is 0 Å². The molecule has 2 saturated carbocycles. The third kappa shape index (κ3) is 4.46. The maximum atomic E-state index is 12.7. The molecule has 0 aromatic heterocycles. The zero-order valence-corrected chi connectivity index (χ0v) is 18.6. The second-order valence-corrected chi connectivity index (χ2v) is 8.82. The Morgan fingerprint density at radius 1 is 1.25 bits per heavy atom. The average molecular weight is 391 g/mol. The minimum absolute atomic E-state index is 0.0939. The molecule has 1 N–H and O–H groups in total. The summed E-state index contributed by atoms with van der Waals surface area (Å²) in [5, 5.41) is 9.04. The van der Waals surface area contributed by atoms with E-state index in [9.17, 15) is 4.79 Å². The van der Waals surface area contributed by atoms with Crippen LogP contribution in [-0.2, 0) is 9.53 Å². The standard InChI is InChI=1S/C23H36O3.C2H6/c1-4-6-16-14-23(3)20(10-11-21(23)25)19-9-8-17(15-26-13-12-24)18(7-5-2)22(16)19;1-2/h4,16-17,19-20,24H,1,5-15H2,2-3H3;1-2H3. The van der Waals surface area contributed by atoms with Gasteiger partial charge in [-0.15, -0.1) is 6.58 Å². The summed E-state index contributed by atoms with van der Waals surface area (Å²) in [6, 6.07) is 0. The molecular formula is C25H42O3. The number of aliphatic hydroxyl groups excluding tert-OH is 1. The van der Waals surface area contributed by atoms with Crippen molar-refractivity contribution in [1.82, 2.24) is 0 Å². The maximum Gasteiger partial charge on any atom is 0.139 e. The van der Waals surface area contributed by atoms with Crippen LogP contribution in [0.4, 0.5) is 0 Å². The van der Waals surface area contributed by atoms with Gasteiger partial charge in [0.25, 0.3) is 0 Å². The lowest BCUT2D eigenvalue weighted by atomic mass is 9.53. The van der Waals surface area contributed by atoms with Crippen molar-refractivity contribution >= 4 is 5.78 Å². The Hall–Kier alpha value is -0.930. The first kappa shape index (κ1) is 23.3. The van der Waals surface area contributed by atoms with Crippen LogP contribution in [0.1, 0.15) is 79.1 Å². The fourth-order valence-corrected chi connectivity index (χ4v) is 6.30. The SMILES string of the molecule is C=CCC1CC2(C)C(=O)CCC2C2CCC(COCCO)C(CCC)=C12.CC. The molecule has 0 aliphatic heterocycles. The van der Waals surface area contributed by atoms with Gasteiger partial charge in [-0.25, -0.2) is 0 Å². The molecule has 28 heavy (non-hydrogen) atoms. The van der Waals surface area contributed by atoms with Crippen molar-refractivity contribution in [2.75, 3.05) is 19.8 Å². The van der Waals surface area contributed by atoms with Crippen molar-refractivity contribution in [3.05, 3.63) is 23.8 Å². The zero-order chi connectivity index (χ0) is 20.7. The highest BCUT2D eigenvalue weighted by atomic mass is 16.5. The number of allylic oxidation sites excluding steroid dienone is 2. The first-order valence-corrected chi connectivity index (χ1v) is 11.6. The molecule has 0 aromatic rings. The molecular weight excluding hydrogens is 348 g/mol. The van der Waals surface area contributed by atoms with Gasteiger partial charge in [-0.1, -0.05) is 51.3 Å². The van der Waals surface area contributed by atoms with E-state index in [1.165, 1.54) is 6.42 Å². The molecule has 160 valence electrons. The molecule has 3 aliphatic rings. The number of Topliss-reactive ketones (excluding diaryl/α,β-unsaturated/α-hetero) is 1. The van der Waals surface area contributed by atoms with Gasteiger partial charge in [-0.3, -0.25) is 4.79 Å². The van der Waals surface area contributed by atoms with Crippen LogP contribution in [0.3, 0.4) is 0 Å². The van der Waals surface area contributed by atoms with E-state index in [1.54, 1.807) is 11.1 Å². The summed E-state index contributed by atoms with van der Waals surface area (Å²) in [6.45, 7) is 13.8. The lowest BCUT2D eigenvalue weighted by Crippen LogP contribution is -2.45. The highest BCUT2D eigenvalue weighted by Crippen LogP contribution is 2.60. The molecule has 2 fully saturated rings. The lowest BCUT2D eigenvalue weighted by Gasteiger charge is -2.50. The van der Waals surface area contributed by atoms with E-state index in [4.69, 9.17) is 9.84 Å². The molecule has 5 atom stereocenters. The molecule has 0 heterocycles. The number of ether oxygens (including phenoxy) is 1. The van der Waals surface area contributed by atoms with Gasteiger partial charge >= 0.3 is 0 Å². The van der Waals surface area contributed by atoms with Gasteiger partial charge in [0.1, 0.15) is 5.78 Å². The summed E-state index contributed by atoms with van der Waals surface area (Å²) in [5.74, 6) is 2.59. The molecule has 0 amide bonds. The molecule has 5 unspecified atom stereocenters. The van der Waals surface area contributed by atoms with Crippen LogP contribution < -0.4 is 0 Å². The van der Waals surface area contributed by atoms with Gasteiger partial charge in [0, 0.05) is 17.8 Å². The zero-order valence-electron chi connectivity index (χ0n) is 18.6. The number of rotatable bonds is 8. The first-order chi connectivity index (χ1) is 13.6. The molecule has 3 aliphatic carbocycles. The number of aliphatic hydroxyl groups is 1. The summed E-state index contributed by atoms with van der Waals surface area (Å²) in [7, 11) is 0. The van der Waals surface area contributed by atoms with Crippen molar-refractivity contribution in [1.29, 1.82) is 0 Å². The predicted octanol–water partition coefficient (Wildman–Crippen LogP) is 5.73. The number of hydrogen-bond acceptors (Lipinski definition) is 3. The van der Waals surface area contributed by atoms with Gasteiger partial charge in [0.2, 0.25) is 0 Å². The maximum absolute atomic E-state index is 12.7.